The van der Waals surface area contributed by atoms with Crippen LogP contribution in [-0.2, 0) is 4.74 Å². The van der Waals surface area contributed by atoms with Gasteiger partial charge in [0.25, 0.3) is 0 Å². The molecule has 2 saturated carbocycles. The second kappa shape index (κ2) is 8.27. The molecule has 2 fully saturated rings. The molecule has 148 valence electrons. The molecule has 0 radical (unpaired) electrons. The van der Waals surface area contributed by atoms with Gasteiger partial charge in [0.1, 0.15) is 0 Å². The zero-order chi connectivity index (χ0) is 18.7. The minimum Gasteiger partial charge on any atom is -0.393 e. The summed E-state index contributed by atoms with van der Waals surface area (Å²) >= 11 is 0. The van der Waals surface area contributed by atoms with Gasteiger partial charge in [0.05, 0.1) is 11.7 Å². The van der Waals surface area contributed by atoms with Crippen LogP contribution in [0.25, 0.3) is 0 Å². The van der Waals surface area contributed by atoms with Crippen LogP contribution < -0.4 is 0 Å². The fraction of sp³-hybridized carbons (Fsp3) is 1.00. The van der Waals surface area contributed by atoms with Crippen LogP contribution in [0.4, 0.5) is 0 Å². The van der Waals surface area contributed by atoms with Crippen molar-refractivity contribution in [3.63, 3.8) is 0 Å². The van der Waals surface area contributed by atoms with Gasteiger partial charge in [-0.3, -0.25) is 0 Å². The molecule has 0 aromatic heterocycles. The maximum atomic E-state index is 10.5. The number of hydrogen-bond acceptors (Lipinski definition) is 3. The van der Waals surface area contributed by atoms with Gasteiger partial charge < -0.3 is 14.9 Å². The van der Waals surface area contributed by atoms with E-state index in [1.165, 1.54) is 12.8 Å². The van der Waals surface area contributed by atoms with Crippen LogP contribution in [0.1, 0.15) is 92.4 Å². The zero-order valence-corrected chi connectivity index (χ0v) is 17.3. The van der Waals surface area contributed by atoms with E-state index in [2.05, 4.69) is 34.6 Å². The molecule has 0 spiro atoms. The molecular formula is C22H42O3. The highest BCUT2D eigenvalue weighted by atomic mass is 16.5. The summed E-state index contributed by atoms with van der Waals surface area (Å²) in [5.74, 6) is 1.10. The molecule has 0 aromatic carbocycles. The van der Waals surface area contributed by atoms with E-state index in [1.54, 1.807) is 0 Å². The Morgan fingerprint density at radius 3 is 2.40 bits per heavy atom. The highest BCUT2D eigenvalue weighted by molar-refractivity contribution is 5.08. The lowest BCUT2D eigenvalue weighted by Gasteiger charge is -2.48. The number of aliphatic hydroxyl groups is 2. The maximum Gasteiger partial charge on any atom is 0.0643 e. The van der Waals surface area contributed by atoms with E-state index in [4.69, 9.17) is 4.74 Å². The highest BCUT2D eigenvalue weighted by Crippen LogP contribution is 2.65. The first-order valence-corrected chi connectivity index (χ1v) is 10.7. The number of ether oxygens (including phenoxy) is 1. The third-order valence-electron chi connectivity index (χ3n) is 8.37. The van der Waals surface area contributed by atoms with Crippen molar-refractivity contribution in [2.75, 3.05) is 13.2 Å². The Labute approximate surface area is 155 Å². The first-order chi connectivity index (χ1) is 11.7. The van der Waals surface area contributed by atoms with Gasteiger partial charge in [-0.15, -0.1) is 0 Å². The van der Waals surface area contributed by atoms with Crippen molar-refractivity contribution < 1.29 is 14.9 Å². The van der Waals surface area contributed by atoms with Crippen molar-refractivity contribution in [2.24, 2.45) is 22.7 Å². The summed E-state index contributed by atoms with van der Waals surface area (Å²) in [7, 11) is 0. The van der Waals surface area contributed by atoms with Crippen LogP contribution in [0.2, 0.25) is 0 Å². The summed E-state index contributed by atoms with van der Waals surface area (Å²) in [6.07, 6.45) is 8.96. The predicted molar refractivity (Wildman–Crippen MR) is 104 cm³/mol. The largest absolute Gasteiger partial charge is 0.393 e. The first-order valence-electron chi connectivity index (χ1n) is 10.7. The van der Waals surface area contributed by atoms with Gasteiger partial charge in [-0.25, -0.2) is 0 Å². The normalized spacial score (nSPS) is 34.9. The fourth-order valence-corrected chi connectivity index (χ4v) is 5.69. The summed E-state index contributed by atoms with van der Waals surface area (Å²) in [5.41, 5.74) is 0.0401. The average Bonchev–Trinajstić information content (AvgIpc) is 2.78. The Bertz CT molecular complexity index is 415. The molecule has 2 aliphatic carbocycles. The van der Waals surface area contributed by atoms with Crippen molar-refractivity contribution >= 4 is 0 Å². The molecular weight excluding hydrogens is 312 g/mol. The van der Waals surface area contributed by atoms with Crippen molar-refractivity contribution in [1.29, 1.82) is 0 Å². The van der Waals surface area contributed by atoms with Gasteiger partial charge in [-0.05, 0) is 74.0 Å². The molecule has 4 atom stereocenters. The van der Waals surface area contributed by atoms with Crippen LogP contribution in [-0.4, -0.2) is 35.1 Å². The molecule has 4 unspecified atom stereocenters. The summed E-state index contributed by atoms with van der Waals surface area (Å²) in [5, 5.41) is 20.8. The summed E-state index contributed by atoms with van der Waals surface area (Å²) in [6.45, 7) is 12.9. The van der Waals surface area contributed by atoms with E-state index >= 15 is 0 Å². The minimum atomic E-state index is -0.503. The van der Waals surface area contributed by atoms with Crippen molar-refractivity contribution in [3.8, 4) is 0 Å². The van der Waals surface area contributed by atoms with Crippen molar-refractivity contribution in [2.45, 2.75) is 104 Å². The average molecular weight is 355 g/mol. The smallest absolute Gasteiger partial charge is 0.0643 e. The molecule has 25 heavy (non-hydrogen) atoms. The number of hydrogen-bond donors (Lipinski definition) is 2. The Hall–Kier alpha value is -0.120. The van der Waals surface area contributed by atoms with Crippen LogP contribution in [0.3, 0.4) is 0 Å². The molecule has 0 aromatic rings. The summed E-state index contributed by atoms with van der Waals surface area (Å²) in [6, 6.07) is 0. The SMILES string of the molecule is CCC(O)(CC)CCCOCCC1CC2C(O)CCCC2(C)C1(C)C. The van der Waals surface area contributed by atoms with Crippen molar-refractivity contribution in [3.05, 3.63) is 0 Å². The Balaban J connectivity index is 1.76. The van der Waals surface area contributed by atoms with E-state index in [0.29, 0.717) is 11.8 Å². The van der Waals surface area contributed by atoms with E-state index in [-0.39, 0.29) is 16.9 Å². The summed E-state index contributed by atoms with van der Waals surface area (Å²) in [4.78, 5) is 0. The van der Waals surface area contributed by atoms with Gasteiger partial charge in [-0.1, -0.05) is 41.0 Å². The van der Waals surface area contributed by atoms with Gasteiger partial charge in [-0.2, -0.15) is 0 Å². The number of rotatable bonds is 9. The van der Waals surface area contributed by atoms with Crippen LogP contribution in [0, 0.1) is 22.7 Å². The lowest BCUT2D eigenvalue weighted by molar-refractivity contribution is -0.0478. The Kier molecular flexibility index (Phi) is 7.01. The topological polar surface area (TPSA) is 49.7 Å². The Morgan fingerprint density at radius 1 is 1.12 bits per heavy atom. The predicted octanol–water partition coefficient (Wildman–Crippen LogP) is 4.94. The molecule has 0 amide bonds. The van der Waals surface area contributed by atoms with Gasteiger partial charge in [0.15, 0.2) is 0 Å². The standard InChI is InChI=1S/C22H42O3/c1-6-22(24,7-2)13-9-14-25-15-11-17-16-18-19(23)10-8-12-21(18,5)20(17,3)4/h17-19,23-24H,6-16H2,1-5H3. The van der Waals surface area contributed by atoms with E-state index < -0.39 is 5.60 Å². The molecule has 3 heteroatoms. The monoisotopic (exact) mass is 354 g/mol. The number of aliphatic hydroxyl groups excluding tert-OH is 1. The quantitative estimate of drug-likeness (QED) is 0.577. The first kappa shape index (κ1) is 21.2. The molecule has 0 saturated heterocycles. The third-order valence-corrected chi connectivity index (χ3v) is 8.37. The van der Waals surface area contributed by atoms with Crippen LogP contribution >= 0.6 is 0 Å². The number of fused-ring (bicyclic) bond motifs is 1. The van der Waals surface area contributed by atoms with E-state index in [0.717, 1.165) is 58.2 Å². The van der Waals surface area contributed by atoms with Crippen LogP contribution in [0.15, 0.2) is 0 Å². The zero-order valence-electron chi connectivity index (χ0n) is 17.3. The minimum absolute atomic E-state index is 0.107. The summed E-state index contributed by atoms with van der Waals surface area (Å²) < 4.78 is 5.91. The molecule has 2 N–H and O–H groups in total. The third kappa shape index (κ3) is 4.25. The molecule has 3 nitrogen and oxygen atoms in total. The van der Waals surface area contributed by atoms with Gasteiger partial charge in [0.2, 0.25) is 0 Å². The molecule has 2 aliphatic rings. The van der Waals surface area contributed by atoms with Crippen molar-refractivity contribution in [1.82, 2.24) is 0 Å². The highest BCUT2D eigenvalue weighted by Gasteiger charge is 2.59. The lowest BCUT2D eigenvalue weighted by atomic mass is 9.57. The second-order valence-electron chi connectivity index (χ2n) is 9.57. The van der Waals surface area contributed by atoms with Gasteiger partial charge >= 0.3 is 0 Å². The van der Waals surface area contributed by atoms with Gasteiger partial charge in [0, 0.05) is 13.2 Å². The van der Waals surface area contributed by atoms with E-state index in [9.17, 15) is 10.2 Å². The molecule has 0 aliphatic heterocycles. The van der Waals surface area contributed by atoms with E-state index in [1.807, 2.05) is 0 Å². The Morgan fingerprint density at radius 2 is 1.80 bits per heavy atom. The fourth-order valence-electron chi connectivity index (χ4n) is 5.69. The lowest BCUT2D eigenvalue weighted by Crippen LogP contribution is -2.44. The van der Waals surface area contributed by atoms with Crippen LogP contribution in [0.5, 0.6) is 0 Å². The molecule has 0 bridgehead atoms. The maximum absolute atomic E-state index is 10.5. The molecule has 2 rings (SSSR count). The molecule has 0 heterocycles. The second-order valence-corrected chi connectivity index (χ2v) is 9.57.